The summed E-state index contributed by atoms with van der Waals surface area (Å²) < 4.78 is 0. The van der Waals surface area contributed by atoms with Crippen molar-refractivity contribution in [1.29, 1.82) is 0 Å². The fraction of sp³-hybridized carbons (Fsp3) is 0.462. The van der Waals surface area contributed by atoms with Crippen LogP contribution in [0.4, 0.5) is 0 Å². The molecule has 0 aliphatic heterocycles. The summed E-state index contributed by atoms with van der Waals surface area (Å²) in [4.78, 5) is 0. The Morgan fingerprint density at radius 2 is 2.00 bits per heavy atom. The monoisotopic (exact) mass is 174 g/mol. The zero-order valence-electron chi connectivity index (χ0n) is 9.02. The highest BCUT2D eigenvalue weighted by Gasteiger charge is 2.15. The van der Waals surface area contributed by atoms with Gasteiger partial charge in [-0.1, -0.05) is 39.8 Å². The summed E-state index contributed by atoms with van der Waals surface area (Å²) in [5, 5.41) is 0. The van der Waals surface area contributed by atoms with Gasteiger partial charge in [0, 0.05) is 0 Å². The van der Waals surface area contributed by atoms with Gasteiger partial charge in [-0.3, -0.25) is 0 Å². The van der Waals surface area contributed by atoms with E-state index in [1.807, 2.05) is 6.08 Å². The van der Waals surface area contributed by atoms with Crippen LogP contribution in [0.15, 0.2) is 41.2 Å². The zero-order valence-corrected chi connectivity index (χ0v) is 9.02. The zero-order chi connectivity index (χ0) is 9.90. The van der Waals surface area contributed by atoms with Crippen LogP contribution in [0, 0.1) is 5.41 Å². The minimum atomic E-state index is 0.197. The number of allylic oxidation sites excluding steroid dienone is 5. The van der Waals surface area contributed by atoms with Crippen LogP contribution in [0.2, 0.25) is 0 Å². The lowest BCUT2D eigenvalue weighted by molar-refractivity contribution is 0.517. The van der Waals surface area contributed by atoms with Crippen molar-refractivity contribution in [1.82, 2.24) is 0 Å². The van der Waals surface area contributed by atoms with Crippen molar-refractivity contribution in [2.45, 2.75) is 34.1 Å². The Morgan fingerprint density at radius 1 is 1.31 bits per heavy atom. The molecular formula is C13H18. The third-order valence-electron chi connectivity index (χ3n) is 2.19. The Morgan fingerprint density at radius 3 is 2.54 bits per heavy atom. The molecule has 0 heteroatoms. The van der Waals surface area contributed by atoms with Crippen LogP contribution in [-0.2, 0) is 0 Å². The van der Waals surface area contributed by atoms with E-state index in [1.54, 1.807) is 0 Å². The molecule has 70 valence electrons. The van der Waals surface area contributed by atoms with Crippen LogP contribution in [0.3, 0.4) is 0 Å². The predicted octanol–water partition coefficient (Wildman–Crippen LogP) is 4.02. The summed E-state index contributed by atoms with van der Waals surface area (Å²) in [5.41, 5.74) is 6.18. The van der Waals surface area contributed by atoms with E-state index in [2.05, 4.69) is 51.7 Å². The first kappa shape index (κ1) is 10.1. The van der Waals surface area contributed by atoms with Crippen molar-refractivity contribution < 1.29 is 0 Å². The van der Waals surface area contributed by atoms with Gasteiger partial charge in [-0.15, -0.1) is 5.73 Å². The average molecular weight is 174 g/mol. The van der Waals surface area contributed by atoms with Gasteiger partial charge in [-0.2, -0.15) is 0 Å². The average Bonchev–Trinajstić information content (AvgIpc) is 2.27. The van der Waals surface area contributed by atoms with E-state index in [0.717, 1.165) is 6.42 Å². The molecule has 1 aliphatic carbocycles. The van der Waals surface area contributed by atoms with Gasteiger partial charge in [-0.05, 0) is 35.1 Å². The second kappa shape index (κ2) is 3.81. The second-order valence-electron chi connectivity index (χ2n) is 4.41. The van der Waals surface area contributed by atoms with Crippen molar-refractivity contribution in [3.63, 3.8) is 0 Å². The van der Waals surface area contributed by atoms with E-state index in [9.17, 15) is 0 Å². The standard InChI is InChI=1S/C13H18/c1-5-11-8-6-7-9-12(10-11)13(2,3)4/h6-8,10H,5H2,1-4H3. The highest BCUT2D eigenvalue weighted by molar-refractivity contribution is 5.37. The first-order chi connectivity index (χ1) is 6.04. The maximum absolute atomic E-state index is 3.31. The van der Waals surface area contributed by atoms with Crippen molar-refractivity contribution in [3.8, 4) is 0 Å². The lowest BCUT2D eigenvalue weighted by Crippen LogP contribution is -2.06. The molecule has 0 atom stereocenters. The van der Waals surface area contributed by atoms with E-state index >= 15 is 0 Å². The Hall–Kier alpha value is -1.00. The van der Waals surface area contributed by atoms with Crippen molar-refractivity contribution in [2.24, 2.45) is 5.41 Å². The lowest BCUT2D eigenvalue weighted by atomic mass is 9.86. The topological polar surface area (TPSA) is 0 Å². The summed E-state index contributed by atoms with van der Waals surface area (Å²) in [6, 6.07) is 0. The molecule has 0 saturated heterocycles. The van der Waals surface area contributed by atoms with Gasteiger partial charge in [0.2, 0.25) is 0 Å². The largest absolute Gasteiger partial charge is 0.117 e. The first-order valence-electron chi connectivity index (χ1n) is 4.88. The van der Waals surface area contributed by atoms with E-state index in [4.69, 9.17) is 0 Å². The fourth-order valence-corrected chi connectivity index (χ4v) is 1.24. The van der Waals surface area contributed by atoms with Crippen molar-refractivity contribution >= 4 is 0 Å². The molecule has 0 aromatic rings. The molecule has 0 saturated carbocycles. The molecule has 13 heavy (non-hydrogen) atoms. The summed E-state index contributed by atoms with van der Waals surface area (Å²) in [6.07, 6.45) is 9.56. The van der Waals surface area contributed by atoms with Gasteiger partial charge in [0.1, 0.15) is 0 Å². The molecule has 0 aromatic heterocycles. The molecule has 0 fully saturated rings. The van der Waals surface area contributed by atoms with Crippen LogP contribution in [0.25, 0.3) is 0 Å². The summed E-state index contributed by atoms with van der Waals surface area (Å²) in [6.45, 7) is 8.84. The number of rotatable bonds is 1. The Labute approximate surface area is 81.4 Å². The number of hydrogen-bond acceptors (Lipinski definition) is 0. The van der Waals surface area contributed by atoms with E-state index < -0.39 is 0 Å². The second-order valence-corrected chi connectivity index (χ2v) is 4.41. The Balaban J connectivity index is 3.05. The van der Waals surface area contributed by atoms with Gasteiger partial charge in [0.15, 0.2) is 0 Å². The molecule has 0 spiro atoms. The normalized spacial score (nSPS) is 16.6. The van der Waals surface area contributed by atoms with E-state index in [-0.39, 0.29) is 5.41 Å². The van der Waals surface area contributed by atoms with Crippen molar-refractivity contribution in [2.75, 3.05) is 0 Å². The molecule has 0 heterocycles. The lowest BCUT2D eigenvalue weighted by Gasteiger charge is -2.18. The van der Waals surface area contributed by atoms with Gasteiger partial charge < -0.3 is 0 Å². The molecular weight excluding hydrogens is 156 g/mol. The maximum Gasteiger partial charge on any atom is -0.000400 e. The van der Waals surface area contributed by atoms with Crippen LogP contribution in [-0.4, -0.2) is 0 Å². The molecule has 0 N–H and O–H groups in total. The maximum atomic E-state index is 3.31. The van der Waals surface area contributed by atoms with Crippen LogP contribution in [0.1, 0.15) is 34.1 Å². The SMILES string of the molecule is CCC1=CC(C(C)(C)C)=C=CC=C1. The van der Waals surface area contributed by atoms with Gasteiger partial charge in [0.25, 0.3) is 0 Å². The first-order valence-corrected chi connectivity index (χ1v) is 4.88. The molecule has 0 bridgehead atoms. The Bertz CT molecular complexity index is 299. The van der Waals surface area contributed by atoms with Gasteiger partial charge >= 0.3 is 0 Å². The van der Waals surface area contributed by atoms with Gasteiger partial charge in [0.05, 0.1) is 0 Å². The summed E-state index contributed by atoms with van der Waals surface area (Å²) in [5.74, 6) is 0. The Kier molecular flexibility index (Phi) is 2.95. The molecule has 0 aromatic carbocycles. The van der Waals surface area contributed by atoms with Gasteiger partial charge in [-0.25, -0.2) is 0 Å². The molecule has 0 nitrogen and oxygen atoms in total. The van der Waals surface area contributed by atoms with Crippen LogP contribution < -0.4 is 0 Å². The molecule has 1 rings (SSSR count). The smallest absolute Gasteiger partial charge is 0.000400 e. The summed E-state index contributed by atoms with van der Waals surface area (Å²) in [7, 11) is 0. The highest BCUT2D eigenvalue weighted by atomic mass is 14.2. The minimum absolute atomic E-state index is 0.197. The molecule has 0 radical (unpaired) electrons. The van der Waals surface area contributed by atoms with Crippen LogP contribution >= 0.6 is 0 Å². The predicted molar refractivity (Wildman–Crippen MR) is 58.6 cm³/mol. The molecule has 1 aliphatic rings. The molecule has 0 amide bonds. The third-order valence-corrected chi connectivity index (χ3v) is 2.19. The van der Waals surface area contributed by atoms with Crippen LogP contribution in [0.5, 0.6) is 0 Å². The highest BCUT2D eigenvalue weighted by Crippen LogP contribution is 2.27. The summed E-state index contributed by atoms with van der Waals surface area (Å²) >= 11 is 0. The van der Waals surface area contributed by atoms with E-state index in [1.165, 1.54) is 11.1 Å². The molecule has 0 unspecified atom stereocenters. The van der Waals surface area contributed by atoms with Crippen molar-refractivity contribution in [3.05, 3.63) is 41.2 Å². The number of hydrogen-bond donors (Lipinski definition) is 0. The minimum Gasteiger partial charge on any atom is -0.117 e. The van der Waals surface area contributed by atoms with E-state index in [0.29, 0.717) is 0 Å². The fourth-order valence-electron chi connectivity index (χ4n) is 1.24. The quantitative estimate of drug-likeness (QED) is 0.527. The third kappa shape index (κ3) is 2.75.